The third kappa shape index (κ3) is 3.26. The largest absolute Gasteiger partial charge is 0.487 e. The maximum absolute atomic E-state index is 11.7. The maximum Gasteiger partial charge on any atom is 0.341 e. The molecule has 104 valence electrons. The van der Waals surface area contributed by atoms with Crippen LogP contribution in [0.2, 0.25) is 0 Å². The minimum atomic E-state index is -0.355. The molecule has 4 nitrogen and oxygen atoms in total. The number of carbonyl (C=O) groups is 1. The van der Waals surface area contributed by atoms with Crippen molar-refractivity contribution in [2.24, 2.45) is 0 Å². The lowest BCUT2D eigenvalue weighted by atomic mass is 9.93. The first-order valence-electron chi connectivity index (χ1n) is 6.59. The van der Waals surface area contributed by atoms with Gasteiger partial charge in [0.2, 0.25) is 0 Å². The highest BCUT2D eigenvalue weighted by molar-refractivity contribution is 5.92. The lowest BCUT2D eigenvalue weighted by molar-refractivity contribution is 0.0221. The number of esters is 1. The van der Waals surface area contributed by atoms with Crippen molar-refractivity contribution in [1.29, 1.82) is 0 Å². The van der Waals surface area contributed by atoms with E-state index in [0.717, 1.165) is 25.9 Å². The van der Waals surface area contributed by atoms with Crippen molar-refractivity contribution in [2.45, 2.75) is 25.4 Å². The Labute approximate surface area is 114 Å². The number of ether oxygens (including phenoxy) is 2. The Morgan fingerprint density at radius 3 is 2.53 bits per heavy atom. The fraction of sp³-hybridized carbons (Fsp3) is 0.533. The van der Waals surface area contributed by atoms with Gasteiger partial charge in [-0.1, -0.05) is 12.1 Å². The average molecular weight is 263 g/mol. The first-order valence-corrected chi connectivity index (χ1v) is 6.59. The predicted octanol–water partition coefficient (Wildman–Crippen LogP) is 2.34. The van der Waals surface area contributed by atoms with Crippen molar-refractivity contribution in [3.63, 3.8) is 0 Å². The quantitative estimate of drug-likeness (QED) is 0.785. The van der Waals surface area contributed by atoms with Crippen molar-refractivity contribution in [3.8, 4) is 5.75 Å². The van der Waals surface area contributed by atoms with Crippen LogP contribution in [0.5, 0.6) is 5.75 Å². The molecule has 0 N–H and O–H groups in total. The lowest BCUT2D eigenvalue weighted by Gasteiger charge is -2.38. The van der Waals surface area contributed by atoms with E-state index in [9.17, 15) is 4.79 Å². The van der Waals surface area contributed by atoms with E-state index < -0.39 is 0 Å². The van der Waals surface area contributed by atoms with Crippen LogP contribution in [0.1, 0.15) is 30.1 Å². The van der Waals surface area contributed by atoms with Gasteiger partial charge in [0, 0.05) is 13.1 Å². The van der Waals surface area contributed by atoms with Crippen LogP contribution in [-0.2, 0) is 4.74 Å². The zero-order valence-electron chi connectivity index (χ0n) is 11.8. The van der Waals surface area contributed by atoms with Crippen LogP contribution in [-0.4, -0.2) is 43.7 Å². The van der Waals surface area contributed by atoms with Gasteiger partial charge >= 0.3 is 5.97 Å². The Hall–Kier alpha value is -1.55. The minimum absolute atomic E-state index is 0.212. The van der Waals surface area contributed by atoms with Crippen molar-refractivity contribution >= 4 is 5.97 Å². The van der Waals surface area contributed by atoms with Crippen molar-refractivity contribution in [2.75, 3.05) is 27.2 Å². The van der Waals surface area contributed by atoms with Gasteiger partial charge in [-0.3, -0.25) is 0 Å². The highest BCUT2D eigenvalue weighted by atomic mass is 16.5. The maximum atomic E-state index is 11.7. The second-order valence-electron chi connectivity index (χ2n) is 5.34. The molecule has 1 aromatic carbocycles. The lowest BCUT2D eigenvalue weighted by Crippen LogP contribution is -2.44. The van der Waals surface area contributed by atoms with E-state index in [1.54, 1.807) is 6.07 Å². The first-order chi connectivity index (χ1) is 9.04. The molecule has 1 aliphatic heterocycles. The molecule has 1 aliphatic rings. The summed E-state index contributed by atoms with van der Waals surface area (Å²) in [7, 11) is 3.50. The van der Waals surface area contributed by atoms with Crippen molar-refractivity contribution in [3.05, 3.63) is 29.8 Å². The van der Waals surface area contributed by atoms with E-state index in [0.29, 0.717) is 11.3 Å². The Balaban J connectivity index is 2.17. The smallest absolute Gasteiger partial charge is 0.341 e. The van der Waals surface area contributed by atoms with E-state index in [4.69, 9.17) is 9.47 Å². The highest BCUT2D eigenvalue weighted by Gasteiger charge is 2.32. The van der Waals surface area contributed by atoms with Gasteiger partial charge < -0.3 is 14.4 Å². The Bertz CT molecular complexity index is 450. The second kappa shape index (κ2) is 5.61. The molecule has 19 heavy (non-hydrogen) atoms. The zero-order chi connectivity index (χ0) is 13.9. The van der Waals surface area contributed by atoms with E-state index in [1.165, 1.54) is 7.11 Å². The average Bonchev–Trinajstić information content (AvgIpc) is 2.42. The van der Waals surface area contributed by atoms with Crippen LogP contribution in [0.25, 0.3) is 0 Å². The molecule has 0 atom stereocenters. The molecule has 1 saturated heterocycles. The van der Waals surface area contributed by atoms with Gasteiger partial charge in [0.15, 0.2) is 0 Å². The van der Waals surface area contributed by atoms with Gasteiger partial charge in [-0.05, 0) is 38.9 Å². The monoisotopic (exact) mass is 263 g/mol. The molecule has 1 aromatic rings. The molecular weight excluding hydrogens is 242 g/mol. The summed E-state index contributed by atoms with van der Waals surface area (Å²) in [5, 5.41) is 0. The van der Waals surface area contributed by atoms with Crippen LogP contribution in [0.4, 0.5) is 0 Å². The van der Waals surface area contributed by atoms with Gasteiger partial charge in [-0.25, -0.2) is 4.79 Å². The molecule has 0 unspecified atom stereocenters. The fourth-order valence-corrected chi connectivity index (χ4v) is 2.29. The number of nitrogens with zero attached hydrogens (tertiary/aromatic N) is 1. The number of para-hydroxylation sites is 1. The summed E-state index contributed by atoms with van der Waals surface area (Å²) in [6, 6.07) is 7.26. The van der Waals surface area contributed by atoms with E-state index in [2.05, 4.69) is 18.9 Å². The van der Waals surface area contributed by atoms with Crippen LogP contribution >= 0.6 is 0 Å². The van der Waals surface area contributed by atoms with Crippen molar-refractivity contribution in [1.82, 2.24) is 4.90 Å². The summed E-state index contributed by atoms with van der Waals surface area (Å²) in [6.45, 7) is 4.13. The van der Waals surface area contributed by atoms with Crippen LogP contribution < -0.4 is 4.74 Å². The van der Waals surface area contributed by atoms with Crippen LogP contribution in [0, 0.1) is 0 Å². The summed E-state index contributed by atoms with van der Waals surface area (Å²) < 4.78 is 10.9. The number of benzene rings is 1. The first kappa shape index (κ1) is 13.9. The second-order valence-corrected chi connectivity index (χ2v) is 5.34. The van der Waals surface area contributed by atoms with Crippen LogP contribution in [0.15, 0.2) is 24.3 Å². The van der Waals surface area contributed by atoms with Gasteiger partial charge in [0.25, 0.3) is 0 Å². The molecule has 0 radical (unpaired) electrons. The van der Waals surface area contributed by atoms with Gasteiger partial charge in [0.1, 0.15) is 16.9 Å². The molecule has 2 rings (SSSR count). The molecule has 0 amide bonds. The van der Waals surface area contributed by atoms with E-state index in [1.807, 2.05) is 18.2 Å². The molecule has 1 fully saturated rings. The Morgan fingerprint density at radius 1 is 1.26 bits per heavy atom. The molecule has 0 saturated carbocycles. The Morgan fingerprint density at radius 2 is 1.89 bits per heavy atom. The topological polar surface area (TPSA) is 38.8 Å². The number of methoxy groups -OCH3 is 1. The van der Waals surface area contributed by atoms with Gasteiger partial charge in [-0.15, -0.1) is 0 Å². The Kier molecular flexibility index (Phi) is 4.10. The number of hydrogen-bond acceptors (Lipinski definition) is 4. The molecular formula is C15H21NO3. The number of carbonyl (C=O) groups excluding carboxylic acids is 1. The van der Waals surface area contributed by atoms with E-state index >= 15 is 0 Å². The number of piperidine rings is 1. The minimum Gasteiger partial charge on any atom is -0.487 e. The number of likely N-dealkylation sites (tertiary alicyclic amines) is 1. The van der Waals surface area contributed by atoms with Crippen LogP contribution in [0.3, 0.4) is 0 Å². The third-order valence-corrected chi connectivity index (χ3v) is 3.69. The molecule has 0 aliphatic carbocycles. The van der Waals surface area contributed by atoms with Gasteiger partial charge in [-0.2, -0.15) is 0 Å². The van der Waals surface area contributed by atoms with Gasteiger partial charge in [0.05, 0.1) is 7.11 Å². The fourth-order valence-electron chi connectivity index (χ4n) is 2.29. The number of hydrogen-bond donors (Lipinski definition) is 0. The normalized spacial score (nSPS) is 18.9. The third-order valence-electron chi connectivity index (χ3n) is 3.69. The summed E-state index contributed by atoms with van der Waals surface area (Å²) in [5.74, 6) is 0.258. The summed E-state index contributed by atoms with van der Waals surface area (Å²) in [4.78, 5) is 14.0. The highest BCUT2D eigenvalue weighted by Crippen LogP contribution is 2.30. The standard InChI is InChI=1S/C15H21NO3/c1-15(8-10-16(2)11-9-15)19-13-7-5-4-6-12(13)14(17)18-3/h4-7H,8-11H2,1-3H3. The summed E-state index contributed by atoms with van der Waals surface area (Å²) >= 11 is 0. The molecule has 0 bridgehead atoms. The van der Waals surface area contributed by atoms with Crippen molar-refractivity contribution < 1.29 is 14.3 Å². The summed E-state index contributed by atoms with van der Waals surface area (Å²) in [5.41, 5.74) is 0.279. The van der Waals surface area contributed by atoms with E-state index in [-0.39, 0.29) is 11.6 Å². The number of rotatable bonds is 3. The summed E-state index contributed by atoms with van der Waals surface area (Å²) in [6.07, 6.45) is 1.91. The molecule has 0 spiro atoms. The predicted molar refractivity (Wildman–Crippen MR) is 73.5 cm³/mol. The SMILES string of the molecule is COC(=O)c1ccccc1OC1(C)CCN(C)CC1. The molecule has 1 heterocycles. The zero-order valence-corrected chi connectivity index (χ0v) is 11.8. The molecule has 4 heteroatoms. The molecule has 0 aromatic heterocycles.